The second-order valence-electron chi connectivity index (χ2n) is 7.81. The molecule has 1 heterocycles. The van der Waals surface area contributed by atoms with E-state index < -0.39 is 11.9 Å². The third-order valence-corrected chi connectivity index (χ3v) is 5.79. The molecule has 0 radical (unpaired) electrons. The van der Waals surface area contributed by atoms with Crippen molar-refractivity contribution in [2.75, 3.05) is 20.3 Å². The molecule has 0 spiro atoms. The van der Waals surface area contributed by atoms with Crippen LogP contribution in [0.3, 0.4) is 0 Å². The lowest BCUT2D eigenvalue weighted by Gasteiger charge is -2.23. The number of hydrogen-bond donors (Lipinski definition) is 4. The lowest BCUT2D eigenvalue weighted by Crippen LogP contribution is -2.50. The zero-order valence-corrected chi connectivity index (χ0v) is 17.1. The Labute approximate surface area is 176 Å². The second-order valence-corrected chi connectivity index (χ2v) is 7.81. The number of nitriles is 1. The van der Waals surface area contributed by atoms with Crippen LogP contribution in [-0.2, 0) is 16.0 Å². The molecule has 4 N–H and O–H groups in total. The van der Waals surface area contributed by atoms with Crippen LogP contribution in [0.15, 0.2) is 24.4 Å². The number of allylic oxidation sites excluding steroid dienone is 1. The minimum absolute atomic E-state index is 0.0882. The fourth-order valence-electron chi connectivity index (χ4n) is 4.20. The molecule has 0 unspecified atom stereocenters. The van der Waals surface area contributed by atoms with Gasteiger partial charge in [0.05, 0.1) is 18.7 Å². The summed E-state index contributed by atoms with van der Waals surface area (Å²) in [6.07, 6.45) is 6.02. The first-order valence-corrected chi connectivity index (χ1v) is 10.2. The van der Waals surface area contributed by atoms with Crippen molar-refractivity contribution in [3.05, 3.63) is 41.3 Å². The molecule has 2 fully saturated rings. The van der Waals surface area contributed by atoms with Crippen LogP contribution in [0, 0.1) is 28.5 Å². The summed E-state index contributed by atoms with van der Waals surface area (Å²) in [6, 6.07) is 6.07. The molecule has 4 atom stereocenters. The zero-order chi connectivity index (χ0) is 21.5. The topological polar surface area (TPSA) is 110 Å². The van der Waals surface area contributed by atoms with Crippen LogP contribution >= 0.6 is 0 Å². The highest BCUT2D eigenvalue weighted by Crippen LogP contribution is 2.35. The summed E-state index contributed by atoms with van der Waals surface area (Å²) < 4.78 is 19.6. The average Bonchev–Trinajstić information content (AvgIpc) is 3.38. The van der Waals surface area contributed by atoms with Gasteiger partial charge in [0.25, 0.3) is 0 Å². The van der Waals surface area contributed by atoms with Gasteiger partial charge in [-0.3, -0.25) is 4.79 Å². The molecular formula is C22H28FN5O2. The highest BCUT2D eigenvalue weighted by Gasteiger charge is 2.43. The van der Waals surface area contributed by atoms with Gasteiger partial charge in [-0.2, -0.15) is 5.26 Å². The van der Waals surface area contributed by atoms with Crippen LogP contribution in [0.1, 0.15) is 30.4 Å². The van der Waals surface area contributed by atoms with Crippen molar-refractivity contribution >= 4 is 17.7 Å². The van der Waals surface area contributed by atoms with E-state index in [0.29, 0.717) is 41.8 Å². The molecule has 3 rings (SSSR count). The third-order valence-electron chi connectivity index (χ3n) is 5.79. The molecule has 1 aromatic carbocycles. The number of benzene rings is 1. The number of piperidine rings is 1. The van der Waals surface area contributed by atoms with Crippen molar-refractivity contribution in [2.24, 2.45) is 5.92 Å². The number of hydrogen-bond acceptors (Lipinski definition) is 6. The number of amides is 1. The lowest BCUT2D eigenvalue weighted by molar-refractivity contribution is -0.124. The van der Waals surface area contributed by atoms with Crippen molar-refractivity contribution in [2.45, 2.75) is 43.8 Å². The Morgan fingerprint density at radius 1 is 1.50 bits per heavy atom. The number of methoxy groups -OCH3 is 1. The van der Waals surface area contributed by atoms with Crippen LogP contribution < -0.4 is 16.0 Å². The normalized spacial score (nSPS) is 23.6. The Balaban J connectivity index is 1.61. The number of halogens is 1. The maximum atomic E-state index is 14.7. The van der Waals surface area contributed by atoms with Gasteiger partial charge in [0, 0.05) is 44.1 Å². The number of rotatable bonds is 10. The number of carbonyl (C=O) groups is 1. The molecule has 1 amide bonds. The van der Waals surface area contributed by atoms with E-state index in [1.807, 2.05) is 0 Å². The van der Waals surface area contributed by atoms with E-state index in [0.717, 1.165) is 25.5 Å². The Morgan fingerprint density at radius 2 is 2.33 bits per heavy atom. The van der Waals surface area contributed by atoms with Gasteiger partial charge in [-0.05, 0) is 42.4 Å². The van der Waals surface area contributed by atoms with Gasteiger partial charge in [-0.25, -0.2) is 4.39 Å². The van der Waals surface area contributed by atoms with Gasteiger partial charge in [0.15, 0.2) is 0 Å². The first-order chi connectivity index (χ1) is 14.5. The molecule has 30 heavy (non-hydrogen) atoms. The fourth-order valence-corrected chi connectivity index (χ4v) is 4.20. The maximum Gasteiger partial charge on any atom is 0.238 e. The minimum Gasteiger partial charge on any atom is -0.388 e. The van der Waals surface area contributed by atoms with E-state index in [1.165, 1.54) is 6.07 Å². The zero-order valence-electron chi connectivity index (χ0n) is 17.1. The van der Waals surface area contributed by atoms with Crippen molar-refractivity contribution in [1.29, 1.82) is 10.7 Å². The summed E-state index contributed by atoms with van der Waals surface area (Å²) in [7, 11) is 1.60. The SMILES string of the molecule is COCCN/C=C(\C=N)c1ccc(C[C@@H](C#N)NC(=O)[C@H]2N[C@@H]3CC[C@H]2C3)c(F)c1. The number of nitrogens with zero attached hydrogens (tertiary/aromatic N) is 1. The quantitative estimate of drug-likeness (QED) is 0.345. The smallest absolute Gasteiger partial charge is 0.238 e. The van der Waals surface area contributed by atoms with E-state index in [1.54, 1.807) is 25.4 Å². The molecule has 0 aromatic heterocycles. The maximum absolute atomic E-state index is 14.7. The fraction of sp³-hybridized carbons (Fsp3) is 0.500. The first-order valence-electron chi connectivity index (χ1n) is 10.2. The lowest BCUT2D eigenvalue weighted by atomic mass is 9.98. The number of nitrogens with one attached hydrogen (secondary N) is 4. The second kappa shape index (κ2) is 10.3. The largest absolute Gasteiger partial charge is 0.388 e. The van der Waals surface area contributed by atoms with Crippen molar-refractivity contribution in [1.82, 2.24) is 16.0 Å². The molecule has 1 aromatic rings. The number of carbonyl (C=O) groups excluding carboxylic acids is 1. The summed E-state index contributed by atoms with van der Waals surface area (Å²) >= 11 is 0. The predicted octanol–water partition coefficient (Wildman–Crippen LogP) is 1.74. The van der Waals surface area contributed by atoms with Gasteiger partial charge in [-0.15, -0.1) is 0 Å². The van der Waals surface area contributed by atoms with Gasteiger partial charge >= 0.3 is 0 Å². The van der Waals surface area contributed by atoms with E-state index in [9.17, 15) is 14.4 Å². The van der Waals surface area contributed by atoms with Crippen LogP contribution in [0.5, 0.6) is 0 Å². The van der Waals surface area contributed by atoms with E-state index in [4.69, 9.17) is 10.1 Å². The Morgan fingerprint density at radius 3 is 2.93 bits per heavy atom. The number of ether oxygens (including phenoxy) is 1. The van der Waals surface area contributed by atoms with Gasteiger partial charge < -0.3 is 26.1 Å². The monoisotopic (exact) mass is 413 g/mol. The average molecular weight is 413 g/mol. The third kappa shape index (κ3) is 5.23. The summed E-state index contributed by atoms with van der Waals surface area (Å²) in [5, 5.41) is 26.1. The Hall–Kier alpha value is -2.76. The highest BCUT2D eigenvalue weighted by molar-refractivity contribution is 6.08. The first kappa shape index (κ1) is 21.9. The van der Waals surface area contributed by atoms with Crippen LogP contribution in [0.2, 0.25) is 0 Å². The molecule has 1 aliphatic carbocycles. The van der Waals surface area contributed by atoms with Crippen molar-refractivity contribution in [3.8, 4) is 6.07 Å². The highest BCUT2D eigenvalue weighted by atomic mass is 19.1. The van der Waals surface area contributed by atoms with Crippen LogP contribution in [-0.4, -0.2) is 50.5 Å². The molecule has 160 valence electrons. The van der Waals surface area contributed by atoms with E-state index in [2.05, 4.69) is 22.0 Å². The minimum atomic E-state index is -0.799. The summed E-state index contributed by atoms with van der Waals surface area (Å²) in [6.45, 7) is 1.10. The summed E-state index contributed by atoms with van der Waals surface area (Å²) in [5.41, 5.74) is 1.44. The molecule has 1 aliphatic heterocycles. The van der Waals surface area contributed by atoms with Crippen LogP contribution in [0.4, 0.5) is 4.39 Å². The molecule has 1 saturated heterocycles. The Bertz CT molecular complexity index is 850. The predicted molar refractivity (Wildman–Crippen MR) is 112 cm³/mol. The molecule has 8 heteroatoms. The number of fused-ring (bicyclic) bond motifs is 2. The van der Waals surface area contributed by atoms with E-state index in [-0.39, 0.29) is 18.4 Å². The summed E-state index contributed by atoms with van der Waals surface area (Å²) in [5.74, 6) is -0.319. The van der Waals surface area contributed by atoms with Crippen molar-refractivity contribution < 1.29 is 13.9 Å². The van der Waals surface area contributed by atoms with Gasteiger partial charge in [-0.1, -0.05) is 12.1 Å². The standard InChI is InChI=1S/C22H28FN5O2/c1-30-7-6-26-13-17(11-24)14-2-3-15(20(23)10-14)8-19(12-25)28-22(29)21-16-4-5-18(9-16)27-21/h2-3,10-11,13,16,18-19,21,24,26-27H,4-9H2,1H3,(H,28,29)/b17-13+,24-11?/t16-,18+,19-,21-/m0/s1. The van der Waals surface area contributed by atoms with Gasteiger partial charge in [0.1, 0.15) is 11.9 Å². The molecule has 2 aliphatic rings. The van der Waals surface area contributed by atoms with E-state index >= 15 is 0 Å². The van der Waals surface area contributed by atoms with Crippen LogP contribution in [0.25, 0.3) is 5.57 Å². The molecular weight excluding hydrogens is 385 g/mol. The van der Waals surface area contributed by atoms with Gasteiger partial charge in [0.2, 0.25) is 5.91 Å². The molecule has 2 bridgehead atoms. The summed E-state index contributed by atoms with van der Waals surface area (Å²) in [4.78, 5) is 12.5. The molecule has 1 saturated carbocycles. The molecule has 7 nitrogen and oxygen atoms in total. The Kier molecular flexibility index (Phi) is 7.55. The van der Waals surface area contributed by atoms with Crippen molar-refractivity contribution in [3.63, 3.8) is 0 Å².